The Bertz CT molecular complexity index is 699. The molecule has 0 spiro atoms. The van der Waals surface area contributed by atoms with Gasteiger partial charge in [-0.3, -0.25) is 4.79 Å². The molecule has 0 radical (unpaired) electrons. The molecule has 0 aliphatic carbocycles. The molecule has 0 saturated carbocycles. The van der Waals surface area contributed by atoms with Crippen molar-refractivity contribution in [1.82, 2.24) is 15.3 Å². The SMILES string of the molecule is COc1ccc([C@H]2OCC[C@@H]2NC(=O)c2sc(C)nc2C)cn1. The molecule has 2 aromatic rings. The first kappa shape index (κ1) is 15.9. The van der Waals surface area contributed by atoms with E-state index in [2.05, 4.69) is 15.3 Å². The van der Waals surface area contributed by atoms with E-state index < -0.39 is 0 Å². The number of aromatic nitrogens is 2. The maximum atomic E-state index is 12.5. The van der Waals surface area contributed by atoms with Crippen molar-refractivity contribution in [3.05, 3.63) is 39.5 Å². The normalized spacial score (nSPS) is 20.5. The lowest BCUT2D eigenvalue weighted by Gasteiger charge is -2.20. The molecule has 3 rings (SSSR count). The number of ether oxygens (including phenoxy) is 2. The number of thiazole rings is 1. The average molecular weight is 333 g/mol. The van der Waals surface area contributed by atoms with Crippen molar-refractivity contribution in [2.45, 2.75) is 32.4 Å². The second-order valence-electron chi connectivity index (χ2n) is 5.44. The highest BCUT2D eigenvalue weighted by Crippen LogP contribution is 2.30. The van der Waals surface area contributed by atoms with Crippen molar-refractivity contribution in [3.63, 3.8) is 0 Å². The van der Waals surface area contributed by atoms with Gasteiger partial charge >= 0.3 is 0 Å². The van der Waals surface area contributed by atoms with Crippen LogP contribution < -0.4 is 10.1 Å². The molecule has 0 bridgehead atoms. The smallest absolute Gasteiger partial charge is 0.263 e. The Morgan fingerprint density at radius 2 is 2.26 bits per heavy atom. The first-order valence-electron chi connectivity index (χ1n) is 7.45. The Morgan fingerprint density at radius 3 is 2.87 bits per heavy atom. The number of aryl methyl sites for hydroxylation is 2. The van der Waals surface area contributed by atoms with Crippen LogP contribution in [-0.4, -0.2) is 35.6 Å². The molecule has 6 nitrogen and oxygen atoms in total. The standard InChI is InChI=1S/C16H19N3O3S/c1-9-15(23-10(2)18-9)16(20)19-12-6-7-22-14(12)11-4-5-13(21-3)17-8-11/h4-5,8,12,14H,6-7H2,1-3H3,(H,19,20)/t12-,14+/m0/s1. The van der Waals surface area contributed by atoms with Gasteiger partial charge in [0.15, 0.2) is 0 Å². The molecule has 2 aromatic heterocycles. The zero-order chi connectivity index (χ0) is 16.4. The van der Waals surface area contributed by atoms with E-state index in [-0.39, 0.29) is 18.1 Å². The van der Waals surface area contributed by atoms with E-state index in [0.29, 0.717) is 17.4 Å². The monoisotopic (exact) mass is 333 g/mol. The zero-order valence-electron chi connectivity index (χ0n) is 13.3. The van der Waals surface area contributed by atoms with Crippen LogP contribution in [0, 0.1) is 13.8 Å². The number of hydrogen-bond acceptors (Lipinski definition) is 6. The number of nitrogens with one attached hydrogen (secondary N) is 1. The molecule has 122 valence electrons. The minimum atomic E-state index is -0.188. The first-order chi connectivity index (χ1) is 11.1. The topological polar surface area (TPSA) is 73.3 Å². The van der Waals surface area contributed by atoms with Crippen molar-refractivity contribution in [3.8, 4) is 5.88 Å². The molecule has 1 N–H and O–H groups in total. The van der Waals surface area contributed by atoms with Gasteiger partial charge < -0.3 is 14.8 Å². The molecule has 0 aromatic carbocycles. The van der Waals surface area contributed by atoms with Crippen LogP contribution in [0.25, 0.3) is 0 Å². The number of amides is 1. The Labute approximate surface area is 138 Å². The lowest BCUT2D eigenvalue weighted by molar-refractivity contribution is 0.0822. The molecule has 2 atom stereocenters. The molecule has 1 fully saturated rings. The predicted molar refractivity (Wildman–Crippen MR) is 86.9 cm³/mol. The summed E-state index contributed by atoms with van der Waals surface area (Å²) in [5, 5.41) is 3.97. The maximum Gasteiger partial charge on any atom is 0.263 e. The van der Waals surface area contributed by atoms with Gasteiger partial charge in [-0.2, -0.15) is 0 Å². The number of rotatable bonds is 4. The highest BCUT2D eigenvalue weighted by atomic mass is 32.1. The third-order valence-corrected chi connectivity index (χ3v) is 4.89. The highest BCUT2D eigenvalue weighted by Gasteiger charge is 2.32. The summed E-state index contributed by atoms with van der Waals surface area (Å²) in [6.07, 6.45) is 2.32. The molecule has 1 saturated heterocycles. The fraction of sp³-hybridized carbons (Fsp3) is 0.438. The van der Waals surface area contributed by atoms with Gasteiger partial charge in [-0.05, 0) is 26.3 Å². The second-order valence-corrected chi connectivity index (χ2v) is 6.64. The summed E-state index contributed by atoms with van der Waals surface area (Å²) in [5.74, 6) is 0.471. The van der Waals surface area contributed by atoms with E-state index >= 15 is 0 Å². The largest absolute Gasteiger partial charge is 0.481 e. The first-order valence-corrected chi connectivity index (χ1v) is 8.26. The Kier molecular flexibility index (Phi) is 4.58. The van der Waals surface area contributed by atoms with Gasteiger partial charge in [-0.25, -0.2) is 9.97 Å². The Hall–Kier alpha value is -1.99. The molecule has 0 unspecified atom stereocenters. The van der Waals surface area contributed by atoms with Crippen molar-refractivity contribution < 1.29 is 14.3 Å². The van der Waals surface area contributed by atoms with Crippen LogP contribution in [0.3, 0.4) is 0 Å². The van der Waals surface area contributed by atoms with Crippen LogP contribution >= 0.6 is 11.3 Å². The van der Waals surface area contributed by atoms with Gasteiger partial charge in [0, 0.05) is 24.4 Å². The Morgan fingerprint density at radius 1 is 1.43 bits per heavy atom. The van der Waals surface area contributed by atoms with Crippen molar-refractivity contribution in [1.29, 1.82) is 0 Å². The number of nitrogens with zero attached hydrogens (tertiary/aromatic N) is 2. The van der Waals surface area contributed by atoms with E-state index in [1.165, 1.54) is 11.3 Å². The van der Waals surface area contributed by atoms with E-state index in [0.717, 1.165) is 22.7 Å². The van der Waals surface area contributed by atoms with Gasteiger partial charge in [0.25, 0.3) is 5.91 Å². The van der Waals surface area contributed by atoms with Crippen molar-refractivity contribution in [2.24, 2.45) is 0 Å². The molecule has 23 heavy (non-hydrogen) atoms. The molecule has 1 amide bonds. The minimum absolute atomic E-state index is 0.0699. The maximum absolute atomic E-state index is 12.5. The third kappa shape index (κ3) is 3.35. The average Bonchev–Trinajstić information content (AvgIpc) is 3.13. The van der Waals surface area contributed by atoms with E-state index in [4.69, 9.17) is 9.47 Å². The zero-order valence-corrected chi connectivity index (χ0v) is 14.1. The number of hydrogen-bond donors (Lipinski definition) is 1. The van der Waals surface area contributed by atoms with Crippen LogP contribution in [0.2, 0.25) is 0 Å². The van der Waals surface area contributed by atoms with Crippen LogP contribution in [-0.2, 0) is 4.74 Å². The number of pyridine rings is 1. The summed E-state index contributed by atoms with van der Waals surface area (Å²) < 4.78 is 10.9. The number of carbonyl (C=O) groups excluding carboxylic acids is 1. The molecule has 7 heteroatoms. The summed E-state index contributed by atoms with van der Waals surface area (Å²) >= 11 is 1.41. The number of methoxy groups -OCH3 is 1. The second kappa shape index (κ2) is 6.64. The molecule has 3 heterocycles. The minimum Gasteiger partial charge on any atom is -0.481 e. The number of carbonyl (C=O) groups is 1. The van der Waals surface area contributed by atoms with Crippen LogP contribution in [0.1, 0.15) is 38.5 Å². The van der Waals surface area contributed by atoms with E-state index in [1.54, 1.807) is 19.4 Å². The Balaban J connectivity index is 1.73. The van der Waals surface area contributed by atoms with Crippen molar-refractivity contribution in [2.75, 3.05) is 13.7 Å². The molecule has 1 aliphatic heterocycles. The molecular weight excluding hydrogens is 314 g/mol. The van der Waals surface area contributed by atoms with Crippen molar-refractivity contribution >= 4 is 17.2 Å². The quantitative estimate of drug-likeness (QED) is 0.930. The van der Waals surface area contributed by atoms with Gasteiger partial charge in [0.2, 0.25) is 5.88 Å². The summed E-state index contributed by atoms with van der Waals surface area (Å²) in [6.45, 7) is 4.37. The molecule has 1 aliphatic rings. The van der Waals surface area contributed by atoms with Gasteiger partial charge in [0.1, 0.15) is 11.0 Å². The fourth-order valence-corrected chi connectivity index (χ4v) is 3.55. The summed E-state index contributed by atoms with van der Waals surface area (Å²) in [6, 6.07) is 3.65. The van der Waals surface area contributed by atoms with Crippen LogP contribution in [0.4, 0.5) is 0 Å². The van der Waals surface area contributed by atoms with Crippen LogP contribution in [0.5, 0.6) is 5.88 Å². The highest BCUT2D eigenvalue weighted by molar-refractivity contribution is 7.13. The predicted octanol–water partition coefficient (Wildman–Crippen LogP) is 2.42. The van der Waals surface area contributed by atoms with E-state index in [1.807, 2.05) is 19.9 Å². The third-order valence-electron chi connectivity index (χ3n) is 3.81. The lowest BCUT2D eigenvalue weighted by Crippen LogP contribution is -2.36. The van der Waals surface area contributed by atoms with Gasteiger partial charge in [-0.15, -0.1) is 11.3 Å². The lowest BCUT2D eigenvalue weighted by atomic mass is 10.0. The molecular formula is C16H19N3O3S. The van der Waals surface area contributed by atoms with Crippen LogP contribution in [0.15, 0.2) is 18.3 Å². The van der Waals surface area contributed by atoms with Gasteiger partial charge in [-0.1, -0.05) is 0 Å². The summed E-state index contributed by atoms with van der Waals surface area (Å²) in [5.41, 5.74) is 1.71. The summed E-state index contributed by atoms with van der Waals surface area (Å²) in [4.78, 5) is 21.7. The summed E-state index contributed by atoms with van der Waals surface area (Å²) in [7, 11) is 1.58. The fourth-order valence-electron chi connectivity index (χ4n) is 2.72. The van der Waals surface area contributed by atoms with Gasteiger partial charge in [0.05, 0.1) is 23.9 Å². The van der Waals surface area contributed by atoms with E-state index in [9.17, 15) is 4.79 Å².